The van der Waals surface area contributed by atoms with Crippen LogP contribution >= 0.6 is 0 Å². The van der Waals surface area contributed by atoms with Crippen molar-refractivity contribution >= 4 is 0 Å². The van der Waals surface area contributed by atoms with Crippen molar-refractivity contribution in [2.45, 2.75) is 12.2 Å². The van der Waals surface area contributed by atoms with Gasteiger partial charge in [-0.05, 0) is 5.56 Å². The van der Waals surface area contributed by atoms with E-state index in [0.717, 1.165) is 5.56 Å². The van der Waals surface area contributed by atoms with Gasteiger partial charge in [-0.25, -0.2) is 0 Å². The topological polar surface area (TPSA) is 38.7 Å². The number of aliphatic hydroxyl groups is 1. The summed E-state index contributed by atoms with van der Waals surface area (Å²) < 4.78 is 10.4. The Hall–Kier alpha value is -0.900. The highest BCUT2D eigenvalue weighted by molar-refractivity contribution is 5.20. The van der Waals surface area contributed by atoms with Crippen molar-refractivity contribution in [1.29, 1.82) is 0 Å². The van der Waals surface area contributed by atoms with Crippen LogP contribution in [-0.4, -0.2) is 31.5 Å². The quantitative estimate of drug-likeness (QED) is 0.812. The standard InChI is InChI=1S/C12H16O3/c1-14-8-11(13)10-7-15-12(10)9-5-3-2-4-6-9/h2-6,10-13H,7-8H2,1H3/t10-,11?,12-/m1/s1. The summed E-state index contributed by atoms with van der Waals surface area (Å²) in [6.45, 7) is 0.988. The fraction of sp³-hybridized carbons (Fsp3) is 0.500. The molecule has 82 valence electrons. The van der Waals surface area contributed by atoms with Gasteiger partial charge in [-0.15, -0.1) is 0 Å². The summed E-state index contributed by atoms with van der Waals surface area (Å²) in [6, 6.07) is 9.99. The predicted octanol–water partition coefficient (Wildman–Crippen LogP) is 1.38. The van der Waals surface area contributed by atoms with E-state index in [4.69, 9.17) is 9.47 Å². The van der Waals surface area contributed by atoms with E-state index in [1.807, 2.05) is 30.3 Å². The largest absolute Gasteiger partial charge is 0.390 e. The van der Waals surface area contributed by atoms with E-state index in [9.17, 15) is 5.11 Å². The third-order valence-corrected chi connectivity index (χ3v) is 2.82. The van der Waals surface area contributed by atoms with Crippen LogP contribution in [0.3, 0.4) is 0 Å². The number of aliphatic hydroxyl groups excluding tert-OH is 1. The first-order valence-electron chi connectivity index (χ1n) is 5.16. The molecule has 3 heteroatoms. The van der Waals surface area contributed by atoms with Gasteiger partial charge in [-0.2, -0.15) is 0 Å². The molecule has 0 saturated carbocycles. The molecular formula is C12H16O3. The van der Waals surface area contributed by atoms with Gasteiger partial charge in [0.15, 0.2) is 0 Å². The third-order valence-electron chi connectivity index (χ3n) is 2.82. The van der Waals surface area contributed by atoms with E-state index in [0.29, 0.717) is 13.2 Å². The Morgan fingerprint density at radius 3 is 2.73 bits per heavy atom. The summed E-state index contributed by atoms with van der Waals surface area (Å²) in [5, 5.41) is 9.80. The maximum atomic E-state index is 9.80. The number of rotatable bonds is 4. The number of hydrogen-bond donors (Lipinski definition) is 1. The van der Waals surface area contributed by atoms with Gasteiger partial charge in [0, 0.05) is 13.0 Å². The first kappa shape index (κ1) is 10.6. The molecule has 0 amide bonds. The van der Waals surface area contributed by atoms with Crippen LogP contribution in [0.25, 0.3) is 0 Å². The molecule has 0 aromatic heterocycles. The number of hydrogen-bond acceptors (Lipinski definition) is 3. The molecule has 0 radical (unpaired) electrons. The van der Waals surface area contributed by atoms with Gasteiger partial charge in [0.1, 0.15) is 0 Å². The minimum Gasteiger partial charge on any atom is -0.390 e. The van der Waals surface area contributed by atoms with E-state index >= 15 is 0 Å². The zero-order chi connectivity index (χ0) is 10.7. The average molecular weight is 208 g/mol. The van der Waals surface area contributed by atoms with E-state index in [1.54, 1.807) is 7.11 Å². The predicted molar refractivity (Wildman–Crippen MR) is 56.5 cm³/mol. The maximum Gasteiger partial charge on any atom is 0.0901 e. The van der Waals surface area contributed by atoms with Crippen LogP contribution in [0.15, 0.2) is 30.3 Å². The summed E-state index contributed by atoms with van der Waals surface area (Å²) in [5.41, 5.74) is 1.13. The Balaban J connectivity index is 2.00. The lowest BCUT2D eigenvalue weighted by atomic mass is 9.87. The van der Waals surface area contributed by atoms with Crippen molar-refractivity contribution in [2.75, 3.05) is 20.3 Å². The zero-order valence-electron chi connectivity index (χ0n) is 8.80. The van der Waals surface area contributed by atoms with Gasteiger partial charge in [-0.3, -0.25) is 0 Å². The Kier molecular flexibility index (Phi) is 3.36. The van der Waals surface area contributed by atoms with Crippen LogP contribution in [0.5, 0.6) is 0 Å². The maximum absolute atomic E-state index is 9.80. The van der Waals surface area contributed by atoms with E-state index < -0.39 is 6.10 Å². The lowest BCUT2D eigenvalue weighted by Gasteiger charge is -2.39. The minimum absolute atomic E-state index is 0.0244. The van der Waals surface area contributed by atoms with Crippen LogP contribution in [-0.2, 0) is 9.47 Å². The smallest absolute Gasteiger partial charge is 0.0901 e. The number of ether oxygens (including phenoxy) is 2. The monoisotopic (exact) mass is 208 g/mol. The minimum atomic E-state index is -0.436. The van der Waals surface area contributed by atoms with E-state index in [-0.39, 0.29) is 12.0 Å². The molecule has 1 unspecified atom stereocenters. The molecule has 15 heavy (non-hydrogen) atoms. The van der Waals surface area contributed by atoms with E-state index in [2.05, 4.69) is 0 Å². The van der Waals surface area contributed by atoms with Crippen molar-refractivity contribution in [3.63, 3.8) is 0 Å². The Labute approximate surface area is 89.6 Å². The van der Waals surface area contributed by atoms with Gasteiger partial charge in [0.25, 0.3) is 0 Å². The fourth-order valence-corrected chi connectivity index (χ4v) is 1.90. The van der Waals surface area contributed by atoms with Crippen LogP contribution in [0.4, 0.5) is 0 Å². The second kappa shape index (κ2) is 4.75. The van der Waals surface area contributed by atoms with E-state index in [1.165, 1.54) is 0 Å². The Morgan fingerprint density at radius 2 is 2.20 bits per heavy atom. The molecule has 3 nitrogen and oxygen atoms in total. The molecule has 1 aliphatic heterocycles. The van der Waals surface area contributed by atoms with Crippen molar-refractivity contribution in [2.24, 2.45) is 5.92 Å². The molecule has 1 saturated heterocycles. The van der Waals surface area contributed by atoms with Gasteiger partial charge < -0.3 is 14.6 Å². The summed E-state index contributed by atoms with van der Waals surface area (Å²) in [7, 11) is 1.60. The molecule has 1 heterocycles. The molecule has 1 N–H and O–H groups in total. The van der Waals surface area contributed by atoms with Crippen molar-refractivity contribution in [3.05, 3.63) is 35.9 Å². The molecule has 0 aliphatic carbocycles. The van der Waals surface area contributed by atoms with Gasteiger partial charge in [-0.1, -0.05) is 30.3 Å². The molecular weight excluding hydrogens is 192 g/mol. The van der Waals surface area contributed by atoms with Gasteiger partial charge in [0.2, 0.25) is 0 Å². The second-order valence-electron chi connectivity index (χ2n) is 3.85. The number of benzene rings is 1. The van der Waals surface area contributed by atoms with Crippen molar-refractivity contribution in [1.82, 2.24) is 0 Å². The lowest BCUT2D eigenvalue weighted by molar-refractivity contribution is -0.170. The Bertz CT molecular complexity index is 299. The first-order valence-corrected chi connectivity index (χ1v) is 5.16. The summed E-state index contributed by atoms with van der Waals surface area (Å²) >= 11 is 0. The average Bonchev–Trinajstić information content (AvgIpc) is 2.18. The van der Waals surface area contributed by atoms with Crippen molar-refractivity contribution < 1.29 is 14.6 Å². The molecule has 2 rings (SSSR count). The Morgan fingerprint density at radius 1 is 1.47 bits per heavy atom. The second-order valence-corrected chi connectivity index (χ2v) is 3.85. The molecule has 0 bridgehead atoms. The summed E-state index contributed by atoms with van der Waals surface area (Å²) in [6.07, 6.45) is -0.412. The highest BCUT2D eigenvalue weighted by atomic mass is 16.5. The molecule has 0 spiro atoms. The first-order chi connectivity index (χ1) is 7.33. The van der Waals surface area contributed by atoms with Gasteiger partial charge in [0.05, 0.1) is 25.4 Å². The van der Waals surface area contributed by atoms with Crippen LogP contribution in [0.1, 0.15) is 11.7 Å². The van der Waals surface area contributed by atoms with Crippen molar-refractivity contribution in [3.8, 4) is 0 Å². The molecule has 1 aliphatic rings. The zero-order valence-corrected chi connectivity index (χ0v) is 8.80. The molecule has 1 fully saturated rings. The molecule has 1 aromatic rings. The summed E-state index contributed by atoms with van der Waals surface area (Å²) in [4.78, 5) is 0. The summed E-state index contributed by atoms with van der Waals surface area (Å²) in [5.74, 6) is 0.160. The van der Waals surface area contributed by atoms with Crippen LogP contribution in [0, 0.1) is 5.92 Å². The molecule has 1 aromatic carbocycles. The highest BCUT2D eigenvalue weighted by Crippen LogP contribution is 2.37. The molecule has 3 atom stereocenters. The van der Waals surface area contributed by atoms with Crippen LogP contribution in [0.2, 0.25) is 0 Å². The lowest BCUT2D eigenvalue weighted by Crippen LogP contribution is -2.42. The SMILES string of the molecule is COCC(O)[C@H]1CO[C@@H]1c1ccccc1. The van der Waals surface area contributed by atoms with Crippen LogP contribution < -0.4 is 0 Å². The number of methoxy groups -OCH3 is 1. The fourth-order valence-electron chi connectivity index (χ4n) is 1.90. The normalized spacial score (nSPS) is 27.1. The van der Waals surface area contributed by atoms with Gasteiger partial charge >= 0.3 is 0 Å². The third kappa shape index (κ3) is 2.20. The highest BCUT2D eigenvalue weighted by Gasteiger charge is 2.38.